The normalized spacial score (nSPS) is 14.3. The minimum absolute atomic E-state index is 0.0347. The summed E-state index contributed by atoms with van der Waals surface area (Å²) in [5.41, 5.74) is -0.285. The smallest absolute Gasteiger partial charge is 0.381 e. The van der Waals surface area contributed by atoms with Crippen molar-refractivity contribution in [2.24, 2.45) is 5.92 Å². The number of nitrogens with one attached hydrogen (secondary N) is 1. The lowest BCUT2D eigenvalue weighted by Crippen LogP contribution is -2.22. The van der Waals surface area contributed by atoms with Crippen LogP contribution in [0.4, 0.5) is 18.9 Å². The summed E-state index contributed by atoms with van der Waals surface area (Å²) in [4.78, 5) is 0. The predicted octanol–water partition coefficient (Wildman–Crippen LogP) is 5.20. The monoisotopic (exact) mass is 298 g/mol. The fourth-order valence-corrected chi connectivity index (χ4v) is 2.14. The second-order valence-electron chi connectivity index (χ2n) is 5.37. The van der Waals surface area contributed by atoms with Gasteiger partial charge in [0, 0.05) is 6.04 Å². The zero-order chi connectivity index (χ0) is 16.0. The van der Waals surface area contributed by atoms with E-state index in [9.17, 15) is 13.2 Å². The Hall–Kier alpha value is -1.70. The summed E-state index contributed by atoms with van der Waals surface area (Å²) in [6, 6.07) is 5.26. The molecule has 0 spiro atoms. The van der Waals surface area contributed by atoms with Crippen molar-refractivity contribution in [3.05, 3.63) is 29.3 Å². The zero-order valence-electron chi connectivity index (χ0n) is 12.6. The first-order valence-electron chi connectivity index (χ1n) is 7.19. The molecule has 116 valence electrons. The van der Waals surface area contributed by atoms with Gasteiger partial charge in [0.05, 0.1) is 16.8 Å². The minimum atomic E-state index is -4.43. The molecule has 2 unspecified atom stereocenters. The van der Waals surface area contributed by atoms with Crippen LogP contribution in [0.3, 0.4) is 0 Å². The maximum Gasteiger partial charge on any atom is 0.416 e. The summed E-state index contributed by atoms with van der Waals surface area (Å²) in [6.07, 6.45) is -1.59. The summed E-state index contributed by atoms with van der Waals surface area (Å²) in [5, 5.41) is 12.3. The quantitative estimate of drug-likeness (QED) is 0.783. The molecule has 2 atom stereocenters. The molecule has 2 nitrogen and oxygen atoms in total. The third-order valence-electron chi connectivity index (χ3n) is 3.70. The van der Waals surface area contributed by atoms with Gasteiger partial charge in [-0.15, -0.1) is 0 Å². The second-order valence-corrected chi connectivity index (χ2v) is 5.37. The highest BCUT2D eigenvalue weighted by atomic mass is 19.4. The summed E-state index contributed by atoms with van der Waals surface area (Å²) in [5.74, 6) is 0.530. The highest BCUT2D eigenvalue weighted by Gasteiger charge is 2.31. The molecule has 1 N–H and O–H groups in total. The van der Waals surface area contributed by atoms with Crippen LogP contribution in [0.2, 0.25) is 0 Å². The van der Waals surface area contributed by atoms with Gasteiger partial charge in [-0.05, 0) is 37.0 Å². The van der Waals surface area contributed by atoms with Gasteiger partial charge in [0.25, 0.3) is 0 Å². The third kappa shape index (κ3) is 4.96. The van der Waals surface area contributed by atoms with Crippen molar-refractivity contribution in [2.45, 2.75) is 52.3 Å². The van der Waals surface area contributed by atoms with Crippen molar-refractivity contribution in [1.29, 1.82) is 5.26 Å². The van der Waals surface area contributed by atoms with E-state index >= 15 is 0 Å². The van der Waals surface area contributed by atoms with Gasteiger partial charge < -0.3 is 5.32 Å². The number of alkyl halides is 3. The lowest BCUT2D eigenvalue weighted by atomic mass is 9.97. The van der Waals surface area contributed by atoms with Crippen molar-refractivity contribution in [3.8, 4) is 6.07 Å². The Bertz CT molecular complexity index is 503. The van der Waals surface area contributed by atoms with Crippen molar-refractivity contribution >= 4 is 5.69 Å². The highest BCUT2D eigenvalue weighted by molar-refractivity contribution is 5.59. The molecule has 21 heavy (non-hydrogen) atoms. The molecule has 0 saturated carbocycles. The molecule has 0 aliphatic heterocycles. The summed E-state index contributed by atoms with van der Waals surface area (Å²) >= 11 is 0. The summed E-state index contributed by atoms with van der Waals surface area (Å²) in [7, 11) is 0. The van der Waals surface area contributed by atoms with Gasteiger partial charge in [-0.1, -0.05) is 27.2 Å². The summed E-state index contributed by atoms with van der Waals surface area (Å²) in [6.45, 7) is 6.27. The minimum Gasteiger partial charge on any atom is -0.381 e. The Morgan fingerprint density at radius 1 is 1.24 bits per heavy atom. The van der Waals surface area contributed by atoms with E-state index in [-0.39, 0.29) is 11.6 Å². The number of halogens is 3. The van der Waals surface area contributed by atoms with E-state index in [2.05, 4.69) is 19.2 Å². The van der Waals surface area contributed by atoms with Gasteiger partial charge in [-0.3, -0.25) is 0 Å². The van der Waals surface area contributed by atoms with Crippen LogP contribution in [0, 0.1) is 17.2 Å². The number of hydrogen-bond acceptors (Lipinski definition) is 2. The van der Waals surface area contributed by atoms with Crippen molar-refractivity contribution in [3.63, 3.8) is 0 Å². The van der Waals surface area contributed by atoms with Crippen LogP contribution in [0.25, 0.3) is 0 Å². The molecule has 0 aliphatic carbocycles. The predicted molar refractivity (Wildman–Crippen MR) is 77.9 cm³/mol. The molecule has 0 radical (unpaired) electrons. The maximum absolute atomic E-state index is 12.7. The number of nitriles is 1. The van der Waals surface area contributed by atoms with E-state index in [1.54, 1.807) is 0 Å². The van der Waals surface area contributed by atoms with Gasteiger partial charge >= 0.3 is 6.18 Å². The first kappa shape index (κ1) is 17.4. The fourth-order valence-electron chi connectivity index (χ4n) is 2.14. The molecule has 1 rings (SSSR count). The molecule has 1 aromatic carbocycles. The van der Waals surface area contributed by atoms with Crippen molar-refractivity contribution < 1.29 is 13.2 Å². The largest absolute Gasteiger partial charge is 0.416 e. The SMILES string of the molecule is CCC(C)CC(CC)Nc1ccc(C(F)(F)F)cc1C#N. The highest BCUT2D eigenvalue weighted by Crippen LogP contribution is 2.32. The Kier molecular flexibility index (Phi) is 6.07. The maximum atomic E-state index is 12.7. The van der Waals surface area contributed by atoms with E-state index < -0.39 is 11.7 Å². The standard InChI is InChI=1S/C16H21F3N2/c1-4-11(3)8-14(5-2)21-15-7-6-13(16(17,18)19)9-12(15)10-20/h6-7,9,11,14,21H,4-5,8H2,1-3H3. The van der Waals surface area contributed by atoms with E-state index in [4.69, 9.17) is 5.26 Å². The van der Waals surface area contributed by atoms with Gasteiger partial charge in [0.1, 0.15) is 6.07 Å². The van der Waals surface area contributed by atoms with Crippen LogP contribution in [-0.4, -0.2) is 6.04 Å². The molecule has 0 amide bonds. The molecular weight excluding hydrogens is 277 g/mol. The molecule has 5 heteroatoms. The molecule has 0 aromatic heterocycles. The topological polar surface area (TPSA) is 35.8 Å². The Morgan fingerprint density at radius 2 is 1.90 bits per heavy atom. The van der Waals surface area contributed by atoms with E-state index in [1.165, 1.54) is 6.07 Å². The van der Waals surface area contributed by atoms with Gasteiger partial charge in [0.2, 0.25) is 0 Å². The van der Waals surface area contributed by atoms with Crippen molar-refractivity contribution in [2.75, 3.05) is 5.32 Å². The van der Waals surface area contributed by atoms with Crippen LogP contribution in [0.1, 0.15) is 51.2 Å². The molecule has 0 heterocycles. The number of benzene rings is 1. The Balaban J connectivity index is 2.95. The third-order valence-corrected chi connectivity index (χ3v) is 3.70. The van der Waals surface area contributed by atoms with E-state index in [0.29, 0.717) is 11.6 Å². The number of anilines is 1. The van der Waals surface area contributed by atoms with Crippen LogP contribution in [-0.2, 0) is 6.18 Å². The van der Waals surface area contributed by atoms with Crippen LogP contribution in [0.5, 0.6) is 0 Å². The van der Waals surface area contributed by atoms with Crippen molar-refractivity contribution in [1.82, 2.24) is 0 Å². The fraction of sp³-hybridized carbons (Fsp3) is 0.562. The number of nitrogens with zero attached hydrogens (tertiary/aromatic N) is 1. The molecule has 0 fully saturated rings. The van der Waals surface area contributed by atoms with Gasteiger partial charge in [-0.25, -0.2) is 0 Å². The second kappa shape index (κ2) is 7.35. The number of hydrogen-bond donors (Lipinski definition) is 1. The average molecular weight is 298 g/mol. The molecule has 0 aliphatic rings. The van der Waals surface area contributed by atoms with Crippen LogP contribution >= 0.6 is 0 Å². The molecule has 0 saturated heterocycles. The van der Waals surface area contributed by atoms with Gasteiger partial charge in [-0.2, -0.15) is 18.4 Å². The lowest BCUT2D eigenvalue weighted by Gasteiger charge is -2.22. The van der Waals surface area contributed by atoms with Crippen LogP contribution in [0.15, 0.2) is 18.2 Å². The molecule has 0 bridgehead atoms. The number of rotatable bonds is 6. The molecular formula is C16H21F3N2. The molecule has 1 aromatic rings. The van der Waals surface area contributed by atoms with E-state index in [1.807, 2.05) is 13.0 Å². The van der Waals surface area contributed by atoms with Crippen LogP contribution < -0.4 is 5.32 Å². The van der Waals surface area contributed by atoms with E-state index in [0.717, 1.165) is 31.4 Å². The van der Waals surface area contributed by atoms with Gasteiger partial charge in [0.15, 0.2) is 0 Å². The lowest BCUT2D eigenvalue weighted by molar-refractivity contribution is -0.137. The Morgan fingerprint density at radius 3 is 2.38 bits per heavy atom. The average Bonchev–Trinajstić information content (AvgIpc) is 2.45. The first-order valence-corrected chi connectivity index (χ1v) is 7.19. The Labute approximate surface area is 124 Å². The summed E-state index contributed by atoms with van der Waals surface area (Å²) < 4.78 is 38.0. The zero-order valence-corrected chi connectivity index (χ0v) is 12.6. The first-order chi connectivity index (χ1) is 9.81.